The van der Waals surface area contributed by atoms with E-state index >= 15 is 0 Å². The number of fused-ring (bicyclic) bond motifs is 7. The topological polar surface area (TPSA) is 66.4 Å². The van der Waals surface area contributed by atoms with Crippen molar-refractivity contribution in [1.82, 2.24) is 5.32 Å². The van der Waals surface area contributed by atoms with Crippen LogP contribution in [0.4, 0.5) is 0 Å². The lowest BCUT2D eigenvalue weighted by molar-refractivity contribution is -0.0117. The summed E-state index contributed by atoms with van der Waals surface area (Å²) in [6.07, 6.45) is 0.410. The highest BCUT2D eigenvalue weighted by atomic mass is 32.2. The van der Waals surface area contributed by atoms with Gasteiger partial charge in [-0.3, -0.25) is 5.32 Å². The minimum atomic E-state index is -3.59. The Morgan fingerprint density at radius 1 is 0.815 bits per heavy atom. The molecule has 2 atom stereocenters. The van der Waals surface area contributed by atoms with E-state index in [1.165, 1.54) is 0 Å². The summed E-state index contributed by atoms with van der Waals surface area (Å²) in [4.78, 5) is 0.289. The summed E-state index contributed by atoms with van der Waals surface area (Å²) in [5.74, 6) is -0.152. The zero-order valence-electron chi connectivity index (χ0n) is 14.6. The predicted molar refractivity (Wildman–Crippen MR) is 103 cm³/mol. The zero-order chi connectivity index (χ0) is 18.7. The van der Waals surface area contributed by atoms with Crippen LogP contribution in [-0.2, 0) is 27.5 Å². The van der Waals surface area contributed by atoms with E-state index < -0.39 is 21.1 Å². The van der Waals surface area contributed by atoms with Gasteiger partial charge in [-0.25, -0.2) is 8.42 Å². The first-order valence-electron chi connectivity index (χ1n) is 8.93. The largest absolute Gasteiger partial charge is 0.371 e. The lowest BCUT2D eigenvalue weighted by atomic mass is 9.82. The predicted octanol–water partition coefficient (Wildman–Crippen LogP) is 2.71. The molecule has 0 aromatic heterocycles. The number of nitrogens with one attached hydrogen (secondary N) is 1. The maximum absolute atomic E-state index is 13.3. The lowest BCUT2D eigenvalue weighted by Crippen LogP contribution is -2.56. The van der Waals surface area contributed by atoms with E-state index in [2.05, 4.69) is 5.32 Å². The summed E-state index contributed by atoms with van der Waals surface area (Å²) in [6, 6.07) is 23.8. The first kappa shape index (κ1) is 16.7. The van der Waals surface area contributed by atoms with Crippen LogP contribution < -0.4 is 5.32 Å². The summed E-state index contributed by atoms with van der Waals surface area (Å²) in [7, 11) is -3.59. The van der Waals surface area contributed by atoms with Crippen molar-refractivity contribution in [3.63, 3.8) is 0 Å². The van der Waals surface area contributed by atoms with Crippen molar-refractivity contribution in [2.75, 3.05) is 5.75 Å². The van der Waals surface area contributed by atoms with Gasteiger partial charge in [0.1, 0.15) is 5.72 Å². The molecule has 2 aliphatic heterocycles. The number of rotatable bonds is 3. The van der Waals surface area contributed by atoms with Crippen LogP contribution in [0.3, 0.4) is 0 Å². The van der Waals surface area contributed by atoms with E-state index in [1.54, 1.807) is 30.3 Å². The molecule has 5 heteroatoms. The molecule has 5 rings (SSSR count). The molecular weight excluding hydrogens is 358 g/mol. The Balaban J connectivity index is 1.76. The SMILES string of the molecule is O=S(=O)(CC12NC(O)(Cc3ccccc31)c1ccccc12)c1ccccc1. The number of aliphatic hydroxyl groups is 1. The molecule has 0 aliphatic carbocycles. The first-order valence-corrected chi connectivity index (χ1v) is 10.6. The Kier molecular flexibility index (Phi) is 3.41. The molecule has 0 saturated carbocycles. The summed E-state index contributed by atoms with van der Waals surface area (Å²) in [6.45, 7) is 0. The van der Waals surface area contributed by atoms with Crippen LogP contribution in [0.5, 0.6) is 0 Å². The molecule has 2 bridgehead atoms. The molecule has 0 amide bonds. The third-order valence-electron chi connectivity index (χ3n) is 5.68. The van der Waals surface area contributed by atoms with Gasteiger partial charge in [-0.05, 0) is 28.8 Å². The van der Waals surface area contributed by atoms with Gasteiger partial charge in [-0.1, -0.05) is 66.7 Å². The fourth-order valence-electron chi connectivity index (χ4n) is 4.61. The van der Waals surface area contributed by atoms with Crippen molar-refractivity contribution in [3.05, 3.63) is 101 Å². The number of sulfone groups is 1. The van der Waals surface area contributed by atoms with Crippen molar-refractivity contribution in [2.45, 2.75) is 22.6 Å². The van der Waals surface area contributed by atoms with E-state index in [0.717, 1.165) is 22.3 Å². The summed E-state index contributed by atoms with van der Waals surface area (Å²) in [5, 5.41) is 14.7. The molecule has 0 spiro atoms. The van der Waals surface area contributed by atoms with Crippen molar-refractivity contribution in [2.24, 2.45) is 0 Å². The summed E-state index contributed by atoms with van der Waals surface area (Å²) in [5.41, 5.74) is 1.23. The van der Waals surface area contributed by atoms with Gasteiger partial charge in [0.2, 0.25) is 0 Å². The Hall–Kier alpha value is -2.47. The molecular formula is C22H19NO3S. The highest BCUT2D eigenvalue weighted by Gasteiger charge is 2.57. The molecule has 2 unspecified atom stereocenters. The minimum absolute atomic E-state index is 0.152. The first-order chi connectivity index (χ1) is 12.9. The highest BCUT2D eigenvalue weighted by molar-refractivity contribution is 7.91. The molecule has 0 saturated heterocycles. The zero-order valence-corrected chi connectivity index (χ0v) is 15.4. The van der Waals surface area contributed by atoms with Gasteiger partial charge >= 0.3 is 0 Å². The van der Waals surface area contributed by atoms with E-state index in [0.29, 0.717) is 6.42 Å². The molecule has 3 aromatic rings. The Labute approximate surface area is 158 Å². The van der Waals surface area contributed by atoms with Crippen molar-refractivity contribution in [3.8, 4) is 0 Å². The lowest BCUT2D eigenvalue weighted by Gasteiger charge is -2.40. The quantitative estimate of drug-likeness (QED) is 0.737. The van der Waals surface area contributed by atoms with Crippen LogP contribution in [-0.4, -0.2) is 19.3 Å². The third-order valence-corrected chi connectivity index (χ3v) is 7.49. The molecule has 2 N–H and O–H groups in total. The average Bonchev–Trinajstić information content (AvgIpc) is 2.87. The second-order valence-electron chi connectivity index (χ2n) is 7.34. The van der Waals surface area contributed by atoms with Crippen LogP contribution in [0, 0.1) is 0 Å². The maximum atomic E-state index is 13.3. The van der Waals surface area contributed by atoms with Gasteiger partial charge in [-0.15, -0.1) is 0 Å². The fourth-order valence-corrected chi connectivity index (χ4v) is 6.30. The van der Waals surface area contributed by atoms with Gasteiger partial charge in [0.15, 0.2) is 9.84 Å². The second-order valence-corrected chi connectivity index (χ2v) is 9.33. The normalized spacial score (nSPS) is 25.7. The van der Waals surface area contributed by atoms with Crippen molar-refractivity contribution in [1.29, 1.82) is 0 Å². The van der Waals surface area contributed by atoms with Gasteiger partial charge in [0.05, 0.1) is 16.2 Å². The van der Waals surface area contributed by atoms with Gasteiger partial charge < -0.3 is 5.11 Å². The highest BCUT2D eigenvalue weighted by Crippen LogP contribution is 2.51. The Morgan fingerprint density at radius 3 is 2.15 bits per heavy atom. The van der Waals surface area contributed by atoms with Crippen LogP contribution >= 0.6 is 0 Å². The molecule has 3 aromatic carbocycles. The van der Waals surface area contributed by atoms with Gasteiger partial charge in [-0.2, -0.15) is 0 Å². The smallest absolute Gasteiger partial charge is 0.180 e. The minimum Gasteiger partial charge on any atom is -0.371 e. The third kappa shape index (κ3) is 2.32. The van der Waals surface area contributed by atoms with Crippen LogP contribution in [0.25, 0.3) is 0 Å². The molecule has 2 heterocycles. The van der Waals surface area contributed by atoms with Crippen LogP contribution in [0.1, 0.15) is 22.3 Å². The molecule has 2 aliphatic rings. The van der Waals surface area contributed by atoms with E-state index in [4.69, 9.17) is 0 Å². The van der Waals surface area contributed by atoms with Crippen LogP contribution in [0.15, 0.2) is 83.8 Å². The number of hydrogen-bond donors (Lipinski definition) is 2. The summed E-state index contributed by atoms with van der Waals surface area (Å²) < 4.78 is 26.6. The van der Waals surface area contributed by atoms with Crippen LogP contribution in [0.2, 0.25) is 0 Å². The maximum Gasteiger partial charge on any atom is 0.180 e. The molecule has 4 nitrogen and oxygen atoms in total. The molecule has 27 heavy (non-hydrogen) atoms. The molecule has 136 valence electrons. The Bertz CT molecular complexity index is 1140. The second kappa shape index (κ2) is 5.52. The van der Waals surface area contributed by atoms with Crippen molar-refractivity contribution < 1.29 is 13.5 Å². The van der Waals surface area contributed by atoms with Crippen molar-refractivity contribution >= 4 is 9.84 Å². The summed E-state index contributed by atoms with van der Waals surface area (Å²) >= 11 is 0. The number of benzene rings is 3. The molecule has 0 radical (unpaired) electrons. The Morgan fingerprint density at radius 2 is 1.41 bits per heavy atom. The van der Waals surface area contributed by atoms with E-state index in [-0.39, 0.29) is 10.6 Å². The van der Waals surface area contributed by atoms with Gasteiger partial charge in [0.25, 0.3) is 0 Å². The van der Waals surface area contributed by atoms with E-state index in [1.807, 2.05) is 48.5 Å². The number of hydrogen-bond acceptors (Lipinski definition) is 4. The average molecular weight is 377 g/mol. The monoisotopic (exact) mass is 377 g/mol. The molecule has 0 fully saturated rings. The van der Waals surface area contributed by atoms with E-state index in [9.17, 15) is 13.5 Å². The van der Waals surface area contributed by atoms with Gasteiger partial charge in [0, 0.05) is 12.0 Å². The standard InChI is InChI=1S/C22H19NO3S/c24-22-14-16-8-4-5-11-18(16)21(23-22,19-12-6-7-13-20(19)22)15-27(25,26)17-9-2-1-3-10-17/h1-13,23-24H,14-15H2. The fraction of sp³-hybridized carbons (Fsp3) is 0.182.